The molecule has 5 heteroatoms. The van der Waals surface area contributed by atoms with Crippen molar-refractivity contribution in [2.45, 2.75) is 25.0 Å². The molecule has 0 spiro atoms. The highest BCUT2D eigenvalue weighted by Gasteiger charge is 2.55. The Morgan fingerprint density at radius 1 is 1.50 bits per heavy atom. The Kier molecular flexibility index (Phi) is 3.34. The number of ether oxygens (including phenoxy) is 2. The highest BCUT2D eigenvalue weighted by Crippen LogP contribution is 2.39. The lowest BCUT2D eigenvalue weighted by molar-refractivity contribution is -0.171. The van der Waals surface area contributed by atoms with Crippen molar-refractivity contribution < 1.29 is 24.2 Å². The number of cyclic esters (lactones) is 1. The lowest BCUT2D eigenvalue weighted by Gasteiger charge is -2.24. The van der Waals surface area contributed by atoms with Crippen LogP contribution in [0.25, 0.3) is 0 Å². The van der Waals surface area contributed by atoms with Crippen LogP contribution in [0.5, 0.6) is 0 Å². The molecular formula is C13H14O5. The van der Waals surface area contributed by atoms with E-state index in [9.17, 15) is 14.7 Å². The summed E-state index contributed by atoms with van der Waals surface area (Å²) in [6.45, 7) is 1.77. The van der Waals surface area contributed by atoms with Gasteiger partial charge in [0.1, 0.15) is 0 Å². The lowest BCUT2D eigenvalue weighted by atomic mass is 9.90. The molecule has 0 aliphatic carbocycles. The fourth-order valence-electron chi connectivity index (χ4n) is 1.99. The number of hydrogen-bond donors (Lipinski definition) is 1. The second kappa shape index (κ2) is 4.78. The summed E-state index contributed by atoms with van der Waals surface area (Å²) in [5.41, 5.74) is -1.37. The zero-order valence-electron chi connectivity index (χ0n) is 9.96. The summed E-state index contributed by atoms with van der Waals surface area (Å²) in [6, 6.07) is 8.66. The first-order valence-corrected chi connectivity index (χ1v) is 5.72. The van der Waals surface area contributed by atoms with Crippen LogP contribution in [0.1, 0.15) is 25.0 Å². The molecule has 0 saturated carbocycles. The predicted octanol–water partition coefficient (Wildman–Crippen LogP) is 0.969. The van der Waals surface area contributed by atoms with Gasteiger partial charge in [0.05, 0.1) is 13.0 Å². The van der Waals surface area contributed by atoms with Crippen molar-refractivity contribution in [3.63, 3.8) is 0 Å². The molecule has 0 bridgehead atoms. The third-order valence-electron chi connectivity index (χ3n) is 2.83. The van der Waals surface area contributed by atoms with Gasteiger partial charge in [-0.05, 0) is 12.5 Å². The summed E-state index contributed by atoms with van der Waals surface area (Å²) < 4.78 is 9.85. The van der Waals surface area contributed by atoms with Crippen molar-refractivity contribution in [1.82, 2.24) is 0 Å². The molecule has 5 nitrogen and oxygen atoms in total. The topological polar surface area (TPSA) is 72.8 Å². The number of hydrogen-bond acceptors (Lipinski definition) is 5. The molecular weight excluding hydrogens is 236 g/mol. The van der Waals surface area contributed by atoms with Crippen molar-refractivity contribution in [3.8, 4) is 0 Å². The Balaban J connectivity index is 2.33. The van der Waals surface area contributed by atoms with Crippen LogP contribution >= 0.6 is 0 Å². The van der Waals surface area contributed by atoms with Crippen molar-refractivity contribution in [2.24, 2.45) is 0 Å². The normalized spacial score (nSPS) is 26.8. The molecule has 0 radical (unpaired) electrons. The van der Waals surface area contributed by atoms with E-state index >= 15 is 0 Å². The molecule has 1 aromatic rings. The Labute approximate surface area is 104 Å². The van der Waals surface area contributed by atoms with Gasteiger partial charge in [0.15, 0.2) is 6.10 Å². The Hall–Kier alpha value is -1.88. The molecule has 1 aromatic carbocycles. The number of rotatable bonds is 3. The SMILES string of the molecule is CCOC(=O)[C@@]1(O)CC(=O)O[C@@H]1c1ccccc1. The second-order valence-electron chi connectivity index (χ2n) is 4.10. The fourth-order valence-corrected chi connectivity index (χ4v) is 1.99. The van der Waals surface area contributed by atoms with Crippen LogP contribution in [0.2, 0.25) is 0 Å². The van der Waals surface area contributed by atoms with Gasteiger partial charge in [-0.15, -0.1) is 0 Å². The molecule has 2 rings (SSSR count). The van der Waals surface area contributed by atoms with E-state index in [4.69, 9.17) is 9.47 Å². The zero-order valence-corrected chi connectivity index (χ0v) is 9.96. The Bertz CT molecular complexity index is 456. The summed E-state index contributed by atoms with van der Waals surface area (Å²) in [6.07, 6.45) is -1.39. The third kappa shape index (κ3) is 2.09. The summed E-state index contributed by atoms with van der Waals surface area (Å²) in [7, 11) is 0. The molecule has 0 aromatic heterocycles. The third-order valence-corrected chi connectivity index (χ3v) is 2.83. The number of esters is 2. The first-order chi connectivity index (χ1) is 8.58. The monoisotopic (exact) mass is 250 g/mol. The van der Waals surface area contributed by atoms with Crippen LogP contribution in [-0.2, 0) is 19.1 Å². The molecule has 18 heavy (non-hydrogen) atoms. The zero-order chi connectivity index (χ0) is 13.2. The van der Waals surface area contributed by atoms with Crippen molar-refractivity contribution in [1.29, 1.82) is 0 Å². The van der Waals surface area contributed by atoms with Crippen LogP contribution in [-0.4, -0.2) is 29.3 Å². The highest BCUT2D eigenvalue weighted by atomic mass is 16.6. The summed E-state index contributed by atoms with van der Waals surface area (Å²) in [4.78, 5) is 23.2. The van der Waals surface area contributed by atoms with Crippen LogP contribution in [0, 0.1) is 0 Å². The Morgan fingerprint density at radius 3 is 2.78 bits per heavy atom. The van der Waals surface area contributed by atoms with E-state index in [0.29, 0.717) is 5.56 Å². The number of carbonyl (C=O) groups is 2. The maximum atomic E-state index is 11.8. The van der Waals surface area contributed by atoms with Gasteiger partial charge >= 0.3 is 11.9 Å². The number of benzene rings is 1. The maximum Gasteiger partial charge on any atom is 0.343 e. The molecule has 1 saturated heterocycles. The number of carbonyl (C=O) groups excluding carboxylic acids is 2. The minimum absolute atomic E-state index is 0.136. The van der Waals surface area contributed by atoms with E-state index in [1.165, 1.54) is 0 Å². The average molecular weight is 250 g/mol. The molecule has 0 amide bonds. The average Bonchev–Trinajstić information content (AvgIpc) is 2.67. The van der Waals surface area contributed by atoms with Crippen molar-refractivity contribution in [2.75, 3.05) is 6.61 Å². The van der Waals surface area contributed by atoms with Gasteiger partial charge in [-0.3, -0.25) is 4.79 Å². The van der Waals surface area contributed by atoms with Crippen LogP contribution < -0.4 is 0 Å². The van der Waals surface area contributed by atoms with Crippen LogP contribution in [0.3, 0.4) is 0 Å². The summed E-state index contributed by atoms with van der Waals surface area (Å²) >= 11 is 0. The summed E-state index contributed by atoms with van der Waals surface area (Å²) in [5.74, 6) is -1.44. The van der Waals surface area contributed by atoms with E-state index in [1.54, 1.807) is 37.3 Å². The fraction of sp³-hybridized carbons (Fsp3) is 0.385. The predicted molar refractivity (Wildman–Crippen MR) is 61.5 cm³/mol. The minimum atomic E-state index is -1.94. The molecule has 2 atom stereocenters. The van der Waals surface area contributed by atoms with E-state index in [2.05, 4.69) is 0 Å². The summed E-state index contributed by atoms with van der Waals surface area (Å²) in [5, 5.41) is 10.4. The smallest absolute Gasteiger partial charge is 0.343 e. The van der Waals surface area contributed by atoms with Gasteiger partial charge < -0.3 is 14.6 Å². The first-order valence-electron chi connectivity index (χ1n) is 5.72. The second-order valence-corrected chi connectivity index (χ2v) is 4.10. The van der Waals surface area contributed by atoms with E-state index in [0.717, 1.165) is 0 Å². The van der Waals surface area contributed by atoms with Crippen LogP contribution in [0.4, 0.5) is 0 Å². The van der Waals surface area contributed by atoms with Gasteiger partial charge in [0, 0.05) is 0 Å². The minimum Gasteiger partial charge on any atom is -0.464 e. The molecule has 0 unspecified atom stereocenters. The molecule has 1 heterocycles. The maximum absolute atomic E-state index is 11.8. The first kappa shape index (κ1) is 12.6. The van der Waals surface area contributed by atoms with E-state index in [-0.39, 0.29) is 13.0 Å². The molecule has 1 fully saturated rings. The van der Waals surface area contributed by atoms with Gasteiger partial charge in [0.2, 0.25) is 5.60 Å². The van der Waals surface area contributed by atoms with Crippen molar-refractivity contribution >= 4 is 11.9 Å². The van der Waals surface area contributed by atoms with E-state index < -0.39 is 23.6 Å². The molecule has 1 N–H and O–H groups in total. The molecule has 96 valence electrons. The highest BCUT2D eigenvalue weighted by molar-refractivity contribution is 5.89. The Morgan fingerprint density at radius 2 is 2.17 bits per heavy atom. The number of aliphatic hydroxyl groups is 1. The molecule has 1 aliphatic heterocycles. The van der Waals surface area contributed by atoms with Gasteiger partial charge in [-0.2, -0.15) is 0 Å². The quantitative estimate of drug-likeness (QED) is 0.809. The van der Waals surface area contributed by atoms with Gasteiger partial charge in [-0.1, -0.05) is 30.3 Å². The van der Waals surface area contributed by atoms with Gasteiger partial charge in [-0.25, -0.2) is 4.79 Å². The van der Waals surface area contributed by atoms with Crippen LogP contribution in [0.15, 0.2) is 30.3 Å². The van der Waals surface area contributed by atoms with Gasteiger partial charge in [0.25, 0.3) is 0 Å². The molecule has 1 aliphatic rings. The largest absolute Gasteiger partial charge is 0.464 e. The van der Waals surface area contributed by atoms with E-state index in [1.807, 2.05) is 0 Å². The lowest BCUT2D eigenvalue weighted by Crippen LogP contribution is -2.42. The van der Waals surface area contributed by atoms with Crippen molar-refractivity contribution in [3.05, 3.63) is 35.9 Å². The standard InChI is InChI=1S/C13H14O5/c1-2-17-12(15)13(16)8-10(14)18-11(13)9-6-4-3-5-7-9/h3-7,11,16H,2,8H2,1H3/t11-,13-/m1/s1.